The zero-order valence-corrected chi connectivity index (χ0v) is 11.1. The van der Waals surface area contributed by atoms with Gasteiger partial charge in [-0.1, -0.05) is 30.3 Å². The summed E-state index contributed by atoms with van der Waals surface area (Å²) in [5.74, 6) is 0. The van der Waals surface area contributed by atoms with Crippen molar-refractivity contribution in [3.05, 3.63) is 35.9 Å². The van der Waals surface area contributed by atoms with Crippen LogP contribution in [0.2, 0.25) is 0 Å². The lowest BCUT2D eigenvalue weighted by atomic mass is 9.95. The molecule has 0 N–H and O–H groups in total. The largest absolute Gasteiger partial charge is 0.373 e. The van der Waals surface area contributed by atoms with E-state index in [-0.39, 0.29) is 16.6 Å². The fraction of sp³-hybridized carbons (Fsp3) is 0.571. The SMILES string of the molecule is O=S(=O)(C1CC1)C1CC(OCc2ccccc2)C1. The van der Waals surface area contributed by atoms with Gasteiger partial charge in [-0.25, -0.2) is 8.42 Å². The molecule has 0 saturated heterocycles. The first-order valence-corrected chi connectivity index (χ1v) is 8.15. The highest BCUT2D eigenvalue weighted by molar-refractivity contribution is 7.93. The van der Waals surface area contributed by atoms with Crippen molar-refractivity contribution in [1.29, 1.82) is 0 Å². The van der Waals surface area contributed by atoms with Crippen LogP contribution in [-0.2, 0) is 21.2 Å². The third-order valence-corrected chi connectivity index (χ3v) is 6.55. The Morgan fingerprint density at radius 1 is 1.06 bits per heavy atom. The molecule has 0 aliphatic heterocycles. The molecule has 1 aromatic rings. The van der Waals surface area contributed by atoms with Crippen molar-refractivity contribution in [2.75, 3.05) is 0 Å². The normalized spacial score (nSPS) is 27.8. The van der Waals surface area contributed by atoms with Gasteiger partial charge in [-0.3, -0.25) is 0 Å². The van der Waals surface area contributed by atoms with Gasteiger partial charge in [0.25, 0.3) is 0 Å². The van der Waals surface area contributed by atoms with Crippen LogP contribution in [-0.4, -0.2) is 25.0 Å². The van der Waals surface area contributed by atoms with E-state index < -0.39 is 9.84 Å². The maximum absolute atomic E-state index is 11.9. The third kappa shape index (κ3) is 2.45. The molecule has 0 bridgehead atoms. The Labute approximate surface area is 108 Å². The summed E-state index contributed by atoms with van der Waals surface area (Å²) in [4.78, 5) is 0. The fourth-order valence-electron chi connectivity index (χ4n) is 2.38. The van der Waals surface area contributed by atoms with Gasteiger partial charge in [0.05, 0.1) is 23.2 Å². The smallest absolute Gasteiger partial charge is 0.156 e. The van der Waals surface area contributed by atoms with Crippen LogP contribution in [0, 0.1) is 0 Å². The van der Waals surface area contributed by atoms with E-state index in [1.165, 1.54) is 0 Å². The van der Waals surface area contributed by atoms with E-state index in [4.69, 9.17) is 4.74 Å². The molecule has 3 nitrogen and oxygen atoms in total. The molecule has 0 radical (unpaired) electrons. The van der Waals surface area contributed by atoms with Crippen LogP contribution in [0.15, 0.2) is 30.3 Å². The number of hydrogen-bond acceptors (Lipinski definition) is 3. The molecule has 4 heteroatoms. The van der Waals surface area contributed by atoms with E-state index in [0.717, 1.165) is 18.4 Å². The molecule has 2 fully saturated rings. The van der Waals surface area contributed by atoms with Gasteiger partial charge < -0.3 is 4.74 Å². The number of ether oxygens (including phenoxy) is 1. The molecule has 18 heavy (non-hydrogen) atoms. The van der Waals surface area contributed by atoms with Gasteiger partial charge in [0.2, 0.25) is 0 Å². The van der Waals surface area contributed by atoms with Crippen LogP contribution < -0.4 is 0 Å². The van der Waals surface area contributed by atoms with E-state index in [9.17, 15) is 8.42 Å². The van der Waals surface area contributed by atoms with Gasteiger partial charge in [-0.05, 0) is 31.2 Å². The lowest BCUT2D eigenvalue weighted by Gasteiger charge is -2.34. The van der Waals surface area contributed by atoms with Crippen LogP contribution >= 0.6 is 0 Å². The highest BCUT2D eigenvalue weighted by Crippen LogP contribution is 2.39. The van der Waals surface area contributed by atoms with Crippen molar-refractivity contribution >= 4 is 9.84 Å². The predicted octanol–water partition coefficient (Wildman–Crippen LogP) is 2.31. The Morgan fingerprint density at radius 2 is 1.72 bits per heavy atom. The van der Waals surface area contributed by atoms with Crippen molar-refractivity contribution in [2.24, 2.45) is 0 Å². The quantitative estimate of drug-likeness (QED) is 0.821. The average Bonchev–Trinajstić information content (AvgIpc) is 3.12. The lowest BCUT2D eigenvalue weighted by Crippen LogP contribution is -2.42. The minimum atomic E-state index is -2.82. The van der Waals surface area contributed by atoms with E-state index in [1.807, 2.05) is 30.3 Å². The minimum Gasteiger partial charge on any atom is -0.373 e. The summed E-state index contributed by atoms with van der Waals surface area (Å²) < 4.78 is 29.6. The Balaban J connectivity index is 1.46. The van der Waals surface area contributed by atoms with E-state index >= 15 is 0 Å². The predicted molar refractivity (Wildman–Crippen MR) is 70.0 cm³/mol. The van der Waals surface area contributed by atoms with Crippen molar-refractivity contribution in [3.8, 4) is 0 Å². The highest BCUT2D eigenvalue weighted by Gasteiger charge is 2.47. The Hall–Kier alpha value is -0.870. The van der Waals surface area contributed by atoms with Crippen LogP contribution in [0.25, 0.3) is 0 Å². The fourth-order valence-corrected chi connectivity index (χ4v) is 4.68. The second-order valence-electron chi connectivity index (χ2n) is 5.30. The molecule has 2 saturated carbocycles. The van der Waals surface area contributed by atoms with Crippen molar-refractivity contribution in [1.82, 2.24) is 0 Å². The number of sulfone groups is 1. The van der Waals surface area contributed by atoms with Gasteiger partial charge in [0.15, 0.2) is 9.84 Å². The van der Waals surface area contributed by atoms with E-state index in [0.29, 0.717) is 19.4 Å². The molecule has 0 aromatic heterocycles. The Kier molecular flexibility index (Phi) is 3.16. The monoisotopic (exact) mass is 266 g/mol. The van der Waals surface area contributed by atoms with Crippen LogP contribution in [0.1, 0.15) is 31.2 Å². The third-order valence-electron chi connectivity index (χ3n) is 3.83. The summed E-state index contributed by atoms with van der Waals surface area (Å²) in [6.07, 6.45) is 3.24. The van der Waals surface area contributed by atoms with E-state index in [1.54, 1.807) is 0 Å². The summed E-state index contributed by atoms with van der Waals surface area (Å²) >= 11 is 0. The molecule has 98 valence electrons. The first-order valence-electron chi connectivity index (χ1n) is 6.54. The van der Waals surface area contributed by atoms with Crippen molar-refractivity contribution in [2.45, 2.75) is 48.9 Å². The topological polar surface area (TPSA) is 43.4 Å². The van der Waals surface area contributed by atoms with Crippen LogP contribution in [0.5, 0.6) is 0 Å². The minimum absolute atomic E-state index is 0.0300. The summed E-state index contributed by atoms with van der Waals surface area (Å²) in [5.41, 5.74) is 1.14. The second-order valence-corrected chi connectivity index (χ2v) is 7.81. The lowest BCUT2D eigenvalue weighted by molar-refractivity contribution is -0.00653. The van der Waals surface area contributed by atoms with Crippen molar-refractivity contribution < 1.29 is 13.2 Å². The van der Waals surface area contributed by atoms with Gasteiger partial charge in [-0.2, -0.15) is 0 Å². The summed E-state index contributed by atoms with van der Waals surface area (Å²) in [7, 11) is -2.82. The summed E-state index contributed by atoms with van der Waals surface area (Å²) in [6, 6.07) is 10.00. The van der Waals surface area contributed by atoms with Gasteiger partial charge in [0, 0.05) is 0 Å². The molecule has 0 heterocycles. The molecule has 0 spiro atoms. The average molecular weight is 266 g/mol. The summed E-state index contributed by atoms with van der Waals surface area (Å²) in [5, 5.41) is -0.164. The zero-order chi connectivity index (χ0) is 12.6. The zero-order valence-electron chi connectivity index (χ0n) is 10.3. The molecular weight excluding hydrogens is 248 g/mol. The van der Waals surface area contributed by atoms with Crippen LogP contribution in [0.3, 0.4) is 0 Å². The second kappa shape index (κ2) is 4.67. The molecule has 0 amide bonds. The van der Waals surface area contributed by atoms with Gasteiger partial charge >= 0.3 is 0 Å². The number of benzene rings is 1. The molecule has 2 aliphatic carbocycles. The molecule has 0 atom stereocenters. The molecule has 0 unspecified atom stereocenters. The van der Waals surface area contributed by atoms with Crippen LogP contribution in [0.4, 0.5) is 0 Å². The van der Waals surface area contributed by atoms with Gasteiger partial charge in [-0.15, -0.1) is 0 Å². The maximum Gasteiger partial charge on any atom is 0.156 e. The highest BCUT2D eigenvalue weighted by atomic mass is 32.2. The van der Waals surface area contributed by atoms with Crippen molar-refractivity contribution in [3.63, 3.8) is 0 Å². The molecular formula is C14H18O3S. The molecule has 1 aromatic carbocycles. The number of hydrogen-bond donors (Lipinski definition) is 0. The standard InChI is InChI=1S/C14H18O3S/c15-18(16,13-6-7-13)14-8-12(9-14)17-10-11-4-2-1-3-5-11/h1-5,12-14H,6-10H2. The first kappa shape index (κ1) is 12.2. The first-order chi connectivity index (χ1) is 8.66. The van der Waals surface area contributed by atoms with Gasteiger partial charge in [0.1, 0.15) is 0 Å². The molecule has 3 rings (SSSR count). The maximum atomic E-state index is 11.9. The molecule has 2 aliphatic rings. The number of rotatable bonds is 5. The Bertz CT molecular complexity index is 499. The van der Waals surface area contributed by atoms with E-state index in [2.05, 4.69) is 0 Å². The summed E-state index contributed by atoms with van der Waals surface area (Å²) in [6.45, 7) is 0.585. The Morgan fingerprint density at radius 3 is 2.33 bits per heavy atom.